The summed E-state index contributed by atoms with van der Waals surface area (Å²) >= 11 is 0. The number of hydrogen-bond acceptors (Lipinski definition) is 0. The van der Waals surface area contributed by atoms with Crippen LogP contribution in [0.25, 0.3) is 22.3 Å². The summed E-state index contributed by atoms with van der Waals surface area (Å²) in [5.41, 5.74) is 14.2. The minimum Gasteiger partial charge on any atom is -0.0622 e. The van der Waals surface area contributed by atoms with Crippen molar-refractivity contribution in [2.45, 2.75) is 24.9 Å². The lowest BCUT2D eigenvalue weighted by Gasteiger charge is -2.32. The van der Waals surface area contributed by atoms with Crippen molar-refractivity contribution in [3.05, 3.63) is 179 Å². The van der Waals surface area contributed by atoms with Crippen LogP contribution < -0.4 is 10.4 Å². The highest BCUT2D eigenvalue weighted by molar-refractivity contribution is 7.01. The highest BCUT2D eigenvalue weighted by Crippen LogP contribution is 2.50. The van der Waals surface area contributed by atoms with Crippen LogP contribution in [0, 0.1) is 0 Å². The second-order valence-electron chi connectivity index (χ2n) is 12.0. The third kappa shape index (κ3) is 3.59. The van der Waals surface area contributed by atoms with Crippen molar-refractivity contribution in [1.82, 2.24) is 0 Å². The van der Waals surface area contributed by atoms with Crippen LogP contribution in [-0.4, -0.2) is 8.07 Å². The molecule has 2 aliphatic carbocycles. The van der Waals surface area contributed by atoms with Gasteiger partial charge in [-0.2, -0.15) is 0 Å². The Hall–Kier alpha value is -4.46. The highest BCUT2D eigenvalue weighted by Gasteiger charge is 2.41. The molecular weight excluding hydrogens is 509 g/mol. The van der Waals surface area contributed by atoms with E-state index in [4.69, 9.17) is 0 Å². The van der Waals surface area contributed by atoms with E-state index in [1.165, 1.54) is 55.6 Å². The highest BCUT2D eigenvalue weighted by atomic mass is 28.3. The summed E-state index contributed by atoms with van der Waals surface area (Å²) in [7, 11) is -2.20. The van der Waals surface area contributed by atoms with Crippen LogP contribution >= 0.6 is 0 Å². The van der Waals surface area contributed by atoms with Crippen molar-refractivity contribution in [2.24, 2.45) is 0 Å². The normalized spacial score (nSPS) is 16.5. The monoisotopic (exact) mass is 540 g/mol. The number of rotatable bonds is 4. The molecule has 1 heteroatoms. The lowest BCUT2D eigenvalue weighted by atomic mass is 9.89. The molecule has 0 spiro atoms. The molecular formula is C40H32Si. The zero-order valence-electron chi connectivity index (χ0n) is 23.5. The lowest BCUT2D eigenvalue weighted by molar-refractivity contribution is 1.02. The Morgan fingerprint density at radius 1 is 0.366 bits per heavy atom. The molecule has 0 saturated carbocycles. The van der Waals surface area contributed by atoms with Gasteiger partial charge >= 0.3 is 0 Å². The average Bonchev–Trinajstić information content (AvgIpc) is 3.55. The van der Waals surface area contributed by atoms with Gasteiger partial charge in [0.05, 0.1) is 0 Å². The summed E-state index contributed by atoms with van der Waals surface area (Å²) in [5, 5.41) is 3.10. The van der Waals surface area contributed by atoms with Gasteiger partial charge in [-0.3, -0.25) is 0 Å². The Morgan fingerprint density at radius 2 is 0.732 bits per heavy atom. The van der Waals surface area contributed by atoms with E-state index in [-0.39, 0.29) is 11.8 Å². The second-order valence-corrected chi connectivity index (χ2v) is 16.3. The maximum atomic E-state index is 2.58. The number of hydrogen-bond donors (Lipinski definition) is 0. The third-order valence-corrected chi connectivity index (χ3v) is 13.1. The molecule has 0 saturated heterocycles. The molecule has 0 N–H and O–H groups in total. The standard InChI is InChI=1S/C40H32Si/c1-41(2,35-25-13-23-33-29-19-9-11-21-31(29)37(39(33)35)27-15-5-3-6-16-27)36-26-14-24-34-30-20-10-12-22-32(30)38(40(34)36)28-17-7-4-8-18-28/h3-26,37-38H,1-2H3. The maximum Gasteiger partial charge on any atom is 0.113 e. The summed E-state index contributed by atoms with van der Waals surface area (Å²) in [5.74, 6) is 0.508. The van der Waals surface area contributed by atoms with Crippen molar-refractivity contribution in [2.75, 3.05) is 0 Å². The van der Waals surface area contributed by atoms with Gasteiger partial charge in [-0.15, -0.1) is 0 Å². The molecule has 41 heavy (non-hydrogen) atoms. The molecule has 2 atom stereocenters. The minimum absolute atomic E-state index is 0.254. The summed E-state index contributed by atoms with van der Waals surface area (Å²) in [6, 6.07) is 54.6. The fraction of sp³-hybridized carbons (Fsp3) is 0.100. The van der Waals surface area contributed by atoms with Gasteiger partial charge in [-0.25, -0.2) is 0 Å². The van der Waals surface area contributed by atoms with E-state index in [1.807, 2.05) is 0 Å². The fourth-order valence-electron chi connectivity index (χ4n) is 7.74. The minimum atomic E-state index is -2.20. The number of fused-ring (bicyclic) bond motifs is 6. The molecule has 0 aromatic heterocycles. The van der Waals surface area contributed by atoms with Gasteiger partial charge in [-0.05, 0) is 66.0 Å². The Kier molecular flexibility index (Phi) is 5.52. The lowest BCUT2D eigenvalue weighted by Crippen LogP contribution is -2.56. The van der Waals surface area contributed by atoms with Crippen molar-refractivity contribution in [1.29, 1.82) is 0 Å². The molecule has 0 heterocycles. The Balaban J connectivity index is 1.38. The molecule has 8 rings (SSSR count). The smallest absolute Gasteiger partial charge is 0.0622 e. The molecule has 0 fully saturated rings. The van der Waals surface area contributed by atoms with E-state index in [9.17, 15) is 0 Å². The van der Waals surface area contributed by atoms with Gasteiger partial charge in [0.1, 0.15) is 8.07 Å². The first-order chi connectivity index (χ1) is 20.1. The van der Waals surface area contributed by atoms with E-state index in [2.05, 4.69) is 159 Å². The molecule has 0 nitrogen and oxygen atoms in total. The van der Waals surface area contributed by atoms with Gasteiger partial charge in [0.15, 0.2) is 0 Å². The second kappa shape index (κ2) is 9.29. The van der Waals surface area contributed by atoms with Gasteiger partial charge in [0.25, 0.3) is 0 Å². The Bertz CT molecular complexity index is 1780. The molecule has 0 bridgehead atoms. The van der Waals surface area contributed by atoms with E-state index in [1.54, 1.807) is 10.4 Å². The van der Waals surface area contributed by atoms with Crippen LogP contribution in [0.4, 0.5) is 0 Å². The van der Waals surface area contributed by atoms with Crippen LogP contribution in [0.15, 0.2) is 146 Å². The van der Waals surface area contributed by atoms with E-state index in [0.717, 1.165) is 0 Å². The van der Waals surface area contributed by atoms with Crippen molar-refractivity contribution in [3.63, 3.8) is 0 Å². The SMILES string of the molecule is C[Si](C)(c1cccc2c1C(c1ccccc1)c1ccccc1-2)c1cccc2c1C(c1ccccc1)c1ccccc1-2. The predicted molar refractivity (Wildman–Crippen MR) is 175 cm³/mol. The van der Waals surface area contributed by atoms with Crippen LogP contribution in [-0.2, 0) is 0 Å². The van der Waals surface area contributed by atoms with Crippen LogP contribution in [0.3, 0.4) is 0 Å². The molecule has 196 valence electrons. The topological polar surface area (TPSA) is 0 Å². The molecule has 2 aliphatic rings. The molecule has 0 amide bonds. The van der Waals surface area contributed by atoms with Crippen LogP contribution in [0.1, 0.15) is 45.2 Å². The summed E-state index contributed by atoms with van der Waals surface area (Å²) in [6.07, 6.45) is 0. The van der Waals surface area contributed by atoms with Gasteiger partial charge < -0.3 is 0 Å². The molecule has 2 unspecified atom stereocenters. The maximum absolute atomic E-state index is 2.58. The van der Waals surface area contributed by atoms with Crippen molar-refractivity contribution in [3.8, 4) is 22.3 Å². The molecule has 6 aromatic carbocycles. The van der Waals surface area contributed by atoms with Crippen molar-refractivity contribution >= 4 is 18.4 Å². The Labute approximate surface area is 244 Å². The van der Waals surface area contributed by atoms with Crippen molar-refractivity contribution < 1.29 is 0 Å². The predicted octanol–water partition coefficient (Wildman–Crippen LogP) is 8.83. The Morgan fingerprint density at radius 3 is 1.17 bits per heavy atom. The summed E-state index contributed by atoms with van der Waals surface area (Å²) < 4.78 is 0. The van der Waals surface area contributed by atoms with Gasteiger partial charge in [0.2, 0.25) is 0 Å². The van der Waals surface area contributed by atoms with Gasteiger partial charge in [-0.1, -0.05) is 159 Å². The van der Waals surface area contributed by atoms with E-state index < -0.39 is 8.07 Å². The molecule has 0 radical (unpaired) electrons. The third-order valence-electron chi connectivity index (χ3n) is 9.53. The summed E-state index contributed by atoms with van der Waals surface area (Å²) in [6.45, 7) is 5.16. The summed E-state index contributed by atoms with van der Waals surface area (Å²) in [4.78, 5) is 0. The fourth-order valence-corrected chi connectivity index (χ4v) is 11.0. The first-order valence-electron chi connectivity index (χ1n) is 14.7. The van der Waals surface area contributed by atoms with Gasteiger partial charge in [0, 0.05) is 11.8 Å². The first kappa shape index (κ1) is 24.3. The van der Waals surface area contributed by atoms with E-state index in [0.29, 0.717) is 0 Å². The van der Waals surface area contributed by atoms with Crippen LogP contribution in [0.2, 0.25) is 13.1 Å². The van der Waals surface area contributed by atoms with Crippen LogP contribution in [0.5, 0.6) is 0 Å². The zero-order valence-corrected chi connectivity index (χ0v) is 24.5. The molecule has 6 aromatic rings. The average molecular weight is 541 g/mol. The molecule has 0 aliphatic heterocycles. The first-order valence-corrected chi connectivity index (χ1v) is 17.7. The van der Waals surface area contributed by atoms with E-state index >= 15 is 0 Å². The number of benzene rings is 6. The largest absolute Gasteiger partial charge is 0.113 e. The quantitative estimate of drug-likeness (QED) is 0.196. The zero-order chi connectivity index (χ0) is 27.6.